The van der Waals surface area contributed by atoms with E-state index in [4.69, 9.17) is 0 Å². The Labute approximate surface area is 217 Å². The highest BCUT2D eigenvalue weighted by Gasteiger charge is 2.39. The summed E-state index contributed by atoms with van der Waals surface area (Å²) in [6.45, 7) is 1.14. The molecule has 0 radical (unpaired) electrons. The molecule has 2 amide bonds. The molecule has 2 aromatic heterocycles. The number of Topliss-reactive ketones (excluding diaryl/α,β-unsaturated/α-hetero) is 1. The monoisotopic (exact) mass is 527 g/mol. The van der Waals surface area contributed by atoms with E-state index < -0.39 is 23.3 Å². The van der Waals surface area contributed by atoms with Crippen LogP contribution in [0, 0.1) is 5.92 Å². The van der Waals surface area contributed by atoms with Crippen molar-refractivity contribution in [1.29, 1.82) is 0 Å². The normalized spacial score (nSPS) is 14.3. The van der Waals surface area contributed by atoms with Crippen molar-refractivity contribution in [3.63, 3.8) is 0 Å². The number of benzene rings is 1. The summed E-state index contributed by atoms with van der Waals surface area (Å²) >= 11 is 0. The first-order valence-electron chi connectivity index (χ1n) is 12.4. The number of rotatable bonds is 9. The molecule has 11 heteroatoms. The number of hydrogen-bond acceptors (Lipinski definition) is 5. The fourth-order valence-electron chi connectivity index (χ4n) is 4.45. The summed E-state index contributed by atoms with van der Waals surface area (Å²) in [5.74, 6) is -0.734. The van der Waals surface area contributed by atoms with E-state index >= 15 is 0 Å². The van der Waals surface area contributed by atoms with Gasteiger partial charge in [0.05, 0.1) is 11.3 Å². The van der Waals surface area contributed by atoms with Crippen LogP contribution in [0.5, 0.6) is 0 Å². The number of piperidine rings is 1. The summed E-state index contributed by atoms with van der Waals surface area (Å²) in [5, 5.41) is 6.05. The van der Waals surface area contributed by atoms with Crippen molar-refractivity contribution in [2.24, 2.45) is 5.92 Å². The maximum absolute atomic E-state index is 13.5. The molecule has 1 aromatic carbocycles. The summed E-state index contributed by atoms with van der Waals surface area (Å²) in [7, 11) is 0. The average molecular weight is 528 g/mol. The summed E-state index contributed by atoms with van der Waals surface area (Å²) < 4.78 is 41.5. The molecule has 3 heterocycles. The number of amides is 2. The first kappa shape index (κ1) is 27.0. The molecule has 0 atom stereocenters. The minimum atomic E-state index is -4.79. The highest BCUT2D eigenvalue weighted by Crippen LogP contribution is 2.31. The van der Waals surface area contributed by atoms with Gasteiger partial charge in [-0.2, -0.15) is 18.3 Å². The molecule has 38 heavy (non-hydrogen) atoms. The lowest BCUT2D eigenvalue weighted by molar-refractivity contribution is -0.141. The van der Waals surface area contributed by atoms with Crippen molar-refractivity contribution >= 4 is 17.6 Å². The Bertz CT molecular complexity index is 1250. The van der Waals surface area contributed by atoms with Crippen LogP contribution in [0.3, 0.4) is 0 Å². The van der Waals surface area contributed by atoms with Crippen LogP contribution in [0.25, 0.3) is 5.69 Å². The summed E-state index contributed by atoms with van der Waals surface area (Å²) in [6, 6.07) is 11.7. The lowest BCUT2D eigenvalue weighted by atomic mass is 9.90. The molecule has 1 saturated heterocycles. The van der Waals surface area contributed by atoms with Gasteiger partial charge < -0.3 is 10.2 Å². The van der Waals surface area contributed by atoms with Crippen molar-refractivity contribution in [1.82, 2.24) is 25.0 Å². The van der Waals surface area contributed by atoms with Crippen molar-refractivity contribution in [3.05, 3.63) is 77.9 Å². The van der Waals surface area contributed by atoms with Crippen LogP contribution in [0.15, 0.2) is 61.1 Å². The van der Waals surface area contributed by atoms with Gasteiger partial charge in [-0.15, -0.1) is 0 Å². The van der Waals surface area contributed by atoms with Crippen LogP contribution in [-0.4, -0.2) is 56.9 Å². The zero-order chi connectivity index (χ0) is 27.1. The van der Waals surface area contributed by atoms with Crippen molar-refractivity contribution in [2.75, 3.05) is 19.6 Å². The van der Waals surface area contributed by atoms with Crippen LogP contribution < -0.4 is 5.32 Å². The number of nitrogens with zero attached hydrogens (tertiary/aromatic N) is 4. The molecule has 4 rings (SSSR count). The van der Waals surface area contributed by atoms with Gasteiger partial charge in [0.25, 0.3) is 5.91 Å². The number of nitrogens with one attached hydrogen (secondary N) is 1. The molecule has 1 N–H and O–H groups in total. The molecule has 0 bridgehead atoms. The van der Waals surface area contributed by atoms with Crippen molar-refractivity contribution < 1.29 is 27.6 Å². The number of halogens is 3. The Morgan fingerprint density at radius 2 is 1.76 bits per heavy atom. The van der Waals surface area contributed by atoms with E-state index in [9.17, 15) is 27.6 Å². The zero-order valence-corrected chi connectivity index (χ0v) is 20.7. The summed E-state index contributed by atoms with van der Waals surface area (Å²) in [5.41, 5.74) is -0.855. The molecule has 0 aliphatic carbocycles. The van der Waals surface area contributed by atoms with Crippen LogP contribution >= 0.6 is 0 Å². The number of likely N-dealkylation sites (tertiary alicyclic amines) is 1. The van der Waals surface area contributed by atoms with Gasteiger partial charge in [-0.3, -0.25) is 19.4 Å². The van der Waals surface area contributed by atoms with E-state index in [0.717, 1.165) is 23.7 Å². The van der Waals surface area contributed by atoms with Gasteiger partial charge in [-0.1, -0.05) is 18.2 Å². The molecule has 8 nitrogen and oxygen atoms in total. The Hall–Kier alpha value is -4.02. The Morgan fingerprint density at radius 3 is 2.42 bits per heavy atom. The van der Waals surface area contributed by atoms with E-state index in [1.54, 1.807) is 59.8 Å². The molecule has 0 spiro atoms. The van der Waals surface area contributed by atoms with E-state index in [1.807, 2.05) is 0 Å². The number of para-hydroxylation sites is 1. The lowest BCUT2D eigenvalue weighted by Gasteiger charge is -2.32. The summed E-state index contributed by atoms with van der Waals surface area (Å²) in [4.78, 5) is 43.2. The minimum Gasteiger partial charge on any atom is -0.352 e. The van der Waals surface area contributed by atoms with Gasteiger partial charge in [-0.25, -0.2) is 4.68 Å². The van der Waals surface area contributed by atoms with Crippen LogP contribution in [0.2, 0.25) is 0 Å². The fraction of sp³-hybridized carbons (Fsp3) is 0.370. The third kappa shape index (κ3) is 6.84. The van der Waals surface area contributed by atoms with Gasteiger partial charge >= 0.3 is 6.18 Å². The number of hydrogen-bond donors (Lipinski definition) is 1. The average Bonchev–Trinajstić information content (AvgIpc) is 3.39. The highest BCUT2D eigenvalue weighted by molar-refractivity contribution is 5.96. The second kappa shape index (κ2) is 12.0. The highest BCUT2D eigenvalue weighted by atomic mass is 19.4. The molecule has 200 valence electrons. The Morgan fingerprint density at radius 1 is 1.03 bits per heavy atom. The second-order valence-corrected chi connectivity index (χ2v) is 9.22. The molecule has 3 aromatic rings. The van der Waals surface area contributed by atoms with E-state index in [-0.39, 0.29) is 37.0 Å². The quantitative estimate of drug-likeness (QED) is 0.331. The lowest BCUT2D eigenvalue weighted by Crippen LogP contribution is -2.39. The first-order valence-corrected chi connectivity index (χ1v) is 12.4. The SMILES string of the molecule is O=C(CC1CCN(C(=O)CCCNC(=O)c2cn(-c3ccccc3)nc2C(F)(F)F)CC1)c1cccnc1. The first-order chi connectivity index (χ1) is 18.2. The Balaban J connectivity index is 1.22. The molecule has 1 fully saturated rings. The molecule has 0 saturated carbocycles. The number of ketones is 1. The fourth-order valence-corrected chi connectivity index (χ4v) is 4.45. The maximum Gasteiger partial charge on any atom is 0.435 e. The van der Waals surface area contributed by atoms with E-state index in [2.05, 4.69) is 15.4 Å². The third-order valence-corrected chi connectivity index (χ3v) is 6.53. The predicted octanol–water partition coefficient (Wildman–Crippen LogP) is 4.31. The molecular weight excluding hydrogens is 499 g/mol. The molecular formula is C27H28F3N5O3. The van der Waals surface area contributed by atoms with Gasteiger partial charge in [0.2, 0.25) is 5.91 Å². The molecule has 1 aliphatic rings. The van der Waals surface area contributed by atoms with Crippen LogP contribution in [0.4, 0.5) is 13.2 Å². The van der Waals surface area contributed by atoms with Crippen LogP contribution in [-0.2, 0) is 11.0 Å². The maximum atomic E-state index is 13.5. The topological polar surface area (TPSA) is 97.2 Å². The number of alkyl halides is 3. The summed E-state index contributed by atoms with van der Waals surface area (Å²) in [6.07, 6.45) is 1.75. The second-order valence-electron chi connectivity index (χ2n) is 9.22. The van der Waals surface area contributed by atoms with Gasteiger partial charge in [-0.05, 0) is 49.4 Å². The standard InChI is InChI=1S/C27H28F3N5O3/c28-27(29,30)25-22(18-35(33-25)21-7-2-1-3-8-21)26(38)32-13-5-9-24(37)34-14-10-19(11-15-34)16-23(36)20-6-4-12-31-17-20/h1-4,6-8,12,17-19H,5,9-11,13-16H2,(H,32,38). The zero-order valence-electron chi connectivity index (χ0n) is 20.7. The smallest absolute Gasteiger partial charge is 0.352 e. The van der Waals surface area contributed by atoms with E-state index in [1.165, 1.54) is 0 Å². The number of carbonyl (C=O) groups excluding carboxylic acids is 3. The Kier molecular flexibility index (Phi) is 8.55. The number of carbonyl (C=O) groups is 3. The van der Waals surface area contributed by atoms with E-state index in [0.29, 0.717) is 30.8 Å². The number of aromatic nitrogens is 3. The molecule has 1 aliphatic heterocycles. The van der Waals surface area contributed by atoms with Crippen LogP contribution in [0.1, 0.15) is 58.5 Å². The molecule has 0 unspecified atom stereocenters. The third-order valence-electron chi connectivity index (χ3n) is 6.53. The predicted molar refractivity (Wildman–Crippen MR) is 133 cm³/mol. The van der Waals surface area contributed by atoms with Crippen molar-refractivity contribution in [3.8, 4) is 5.69 Å². The minimum absolute atomic E-state index is 0.0432. The van der Waals surface area contributed by atoms with Gasteiger partial charge in [0, 0.05) is 56.6 Å². The number of pyridine rings is 1. The van der Waals surface area contributed by atoms with Gasteiger partial charge in [0.15, 0.2) is 11.5 Å². The largest absolute Gasteiger partial charge is 0.435 e. The van der Waals surface area contributed by atoms with Gasteiger partial charge in [0.1, 0.15) is 0 Å². The van der Waals surface area contributed by atoms with Crippen molar-refractivity contribution in [2.45, 2.75) is 38.3 Å².